The van der Waals surface area contributed by atoms with Gasteiger partial charge in [0.25, 0.3) is 11.5 Å². The summed E-state index contributed by atoms with van der Waals surface area (Å²) in [5, 5.41) is 2.61. The SMILES string of the molecule is CN(C)c1ccc(C(=O)N2CCC(c3nc(-c4nccs4)cc(=O)[nH]3)CC2)cc1. The number of hydrogen-bond acceptors (Lipinski definition) is 6. The lowest BCUT2D eigenvalue weighted by Crippen LogP contribution is -2.38. The summed E-state index contributed by atoms with van der Waals surface area (Å²) >= 11 is 1.46. The Morgan fingerprint density at radius 2 is 1.93 bits per heavy atom. The Hall–Kier alpha value is -3.00. The van der Waals surface area contributed by atoms with Crippen LogP contribution in [0.2, 0.25) is 0 Å². The maximum atomic E-state index is 12.8. The van der Waals surface area contributed by atoms with Crippen LogP contribution in [0.5, 0.6) is 0 Å². The van der Waals surface area contributed by atoms with Crippen molar-refractivity contribution in [2.45, 2.75) is 18.8 Å². The van der Waals surface area contributed by atoms with Gasteiger partial charge >= 0.3 is 0 Å². The molecule has 3 heterocycles. The van der Waals surface area contributed by atoms with Gasteiger partial charge in [-0.3, -0.25) is 9.59 Å². The second kappa shape index (κ2) is 8.16. The quantitative estimate of drug-likeness (QED) is 0.716. The first kappa shape index (κ1) is 19.3. The van der Waals surface area contributed by atoms with E-state index in [0.717, 1.165) is 23.5 Å². The molecule has 0 spiro atoms. The molecule has 1 aromatic carbocycles. The molecule has 29 heavy (non-hydrogen) atoms. The van der Waals surface area contributed by atoms with Gasteiger partial charge in [-0.05, 0) is 37.1 Å². The van der Waals surface area contributed by atoms with Crippen LogP contribution in [0.15, 0.2) is 46.7 Å². The summed E-state index contributed by atoms with van der Waals surface area (Å²) in [5.74, 6) is 0.861. The molecule has 1 aliphatic heterocycles. The van der Waals surface area contributed by atoms with Gasteiger partial charge in [-0.25, -0.2) is 9.97 Å². The standard InChI is InChI=1S/C21H23N5O2S/c1-25(2)16-5-3-15(4-6-16)21(28)26-10-7-14(8-11-26)19-23-17(13-18(27)24-19)20-22-9-12-29-20/h3-6,9,12-14H,7-8,10-11H2,1-2H3,(H,23,24,27). The predicted octanol–water partition coefficient (Wildman–Crippen LogP) is 2.98. The van der Waals surface area contributed by atoms with Gasteiger partial charge in [0.1, 0.15) is 16.5 Å². The van der Waals surface area contributed by atoms with Gasteiger partial charge in [-0.1, -0.05) is 0 Å². The minimum Gasteiger partial charge on any atom is -0.378 e. The van der Waals surface area contributed by atoms with E-state index in [1.165, 1.54) is 17.4 Å². The number of H-pyrrole nitrogens is 1. The third-order valence-electron chi connectivity index (χ3n) is 5.21. The zero-order valence-electron chi connectivity index (χ0n) is 16.5. The largest absolute Gasteiger partial charge is 0.378 e. The molecular weight excluding hydrogens is 386 g/mol. The number of thiazole rings is 1. The van der Waals surface area contributed by atoms with Crippen molar-refractivity contribution in [2.75, 3.05) is 32.1 Å². The van der Waals surface area contributed by atoms with Crippen LogP contribution in [-0.4, -0.2) is 52.9 Å². The zero-order valence-corrected chi connectivity index (χ0v) is 17.3. The number of likely N-dealkylation sites (tertiary alicyclic amines) is 1. The molecule has 1 aliphatic rings. The molecule has 8 heteroatoms. The van der Waals surface area contributed by atoms with E-state index < -0.39 is 0 Å². The fourth-order valence-corrected chi connectivity index (χ4v) is 4.17. The fraction of sp³-hybridized carbons (Fsp3) is 0.333. The molecule has 150 valence electrons. The van der Waals surface area contributed by atoms with Gasteiger partial charge < -0.3 is 14.8 Å². The van der Waals surface area contributed by atoms with Crippen molar-refractivity contribution in [1.82, 2.24) is 19.9 Å². The second-order valence-electron chi connectivity index (χ2n) is 7.36. The summed E-state index contributed by atoms with van der Waals surface area (Å²) < 4.78 is 0. The van der Waals surface area contributed by atoms with Gasteiger partial charge in [0.2, 0.25) is 0 Å². The molecule has 1 amide bonds. The van der Waals surface area contributed by atoms with Crippen molar-refractivity contribution in [1.29, 1.82) is 0 Å². The zero-order chi connectivity index (χ0) is 20.4. The number of benzene rings is 1. The first-order valence-corrected chi connectivity index (χ1v) is 10.5. The summed E-state index contributed by atoms with van der Waals surface area (Å²) in [6, 6.07) is 9.15. The third-order valence-corrected chi connectivity index (χ3v) is 6.01. The summed E-state index contributed by atoms with van der Waals surface area (Å²) in [7, 11) is 3.95. The van der Waals surface area contributed by atoms with E-state index in [4.69, 9.17) is 0 Å². The Kier molecular flexibility index (Phi) is 5.44. The Balaban J connectivity index is 1.44. The predicted molar refractivity (Wildman–Crippen MR) is 115 cm³/mol. The summed E-state index contributed by atoms with van der Waals surface area (Å²) in [6.45, 7) is 1.29. The lowest BCUT2D eigenvalue weighted by Gasteiger charge is -2.31. The van der Waals surface area contributed by atoms with Gasteiger partial charge in [0.15, 0.2) is 0 Å². The lowest BCUT2D eigenvalue weighted by atomic mass is 9.95. The highest BCUT2D eigenvalue weighted by atomic mass is 32.1. The van der Waals surface area contributed by atoms with Crippen LogP contribution in [0.1, 0.15) is 34.9 Å². The first-order valence-electron chi connectivity index (χ1n) is 9.59. The Labute approximate surface area is 173 Å². The van der Waals surface area contributed by atoms with Crippen LogP contribution >= 0.6 is 11.3 Å². The van der Waals surface area contributed by atoms with E-state index in [0.29, 0.717) is 30.2 Å². The van der Waals surface area contributed by atoms with E-state index in [2.05, 4.69) is 15.0 Å². The number of carbonyl (C=O) groups excluding carboxylic acids is 1. The van der Waals surface area contributed by atoms with Crippen molar-refractivity contribution in [2.24, 2.45) is 0 Å². The van der Waals surface area contributed by atoms with Crippen LogP contribution < -0.4 is 10.5 Å². The fourth-order valence-electron chi connectivity index (χ4n) is 3.57. The number of nitrogens with one attached hydrogen (secondary N) is 1. The number of piperidine rings is 1. The lowest BCUT2D eigenvalue weighted by molar-refractivity contribution is 0.0711. The van der Waals surface area contributed by atoms with Crippen LogP contribution in [0.3, 0.4) is 0 Å². The number of hydrogen-bond donors (Lipinski definition) is 1. The second-order valence-corrected chi connectivity index (χ2v) is 8.26. The molecule has 0 atom stereocenters. The molecule has 1 N–H and O–H groups in total. The Bertz CT molecular complexity index is 1040. The summed E-state index contributed by atoms with van der Waals surface area (Å²) in [6.07, 6.45) is 3.25. The molecule has 3 aromatic rings. The normalized spacial score (nSPS) is 14.8. The van der Waals surface area contributed by atoms with Gasteiger partial charge in [-0.2, -0.15) is 0 Å². The number of amides is 1. The maximum Gasteiger partial charge on any atom is 0.253 e. The average molecular weight is 410 g/mol. The molecule has 2 aromatic heterocycles. The smallest absolute Gasteiger partial charge is 0.253 e. The van der Waals surface area contributed by atoms with E-state index in [1.54, 1.807) is 6.20 Å². The Morgan fingerprint density at radius 3 is 2.55 bits per heavy atom. The number of anilines is 1. The monoisotopic (exact) mass is 409 g/mol. The molecule has 0 radical (unpaired) electrons. The van der Waals surface area contributed by atoms with Crippen molar-refractivity contribution < 1.29 is 4.79 Å². The molecule has 0 unspecified atom stereocenters. The number of rotatable bonds is 4. The van der Waals surface area contributed by atoms with Crippen molar-refractivity contribution in [3.63, 3.8) is 0 Å². The minimum atomic E-state index is -0.167. The highest BCUT2D eigenvalue weighted by Gasteiger charge is 2.26. The molecule has 1 saturated heterocycles. The minimum absolute atomic E-state index is 0.0479. The molecule has 4 rings (SSSR count). The summed E-state index contributed by atoms with van der Waals surface area (Å²) in [4.78, 5) is 40.6. The van der Waals surface area contributed by atoms with Crippen LogP contribution in [-0.2, 0) is 0 Å². The van der Waals surface area contributed by atoms with Crippen LogP contribution in [0.4, 0.5) is 5.69 Å². The molecular formula is C21H23N5O2S. The van der Waals surface area contributed by atoms with Crippen molar-refractivity contribution >= 4 is 22.9 Å². The van der Waals surface area contributed by atoms with Crippen molar-refractivity contribution in [3.8, 4) is 10.7 Å². The van der Waals surface area contributed by atoms with Crippen LogP contribution in [0, 0.1) is 0 Å². The average Bonchev–Trinajstić information content (AvgIpc) is 3.28. The number of carbonyl (C=O) groups is 1. The topological polar surface area (TPSA) is 82.2 Å². The highest BCUT2D eigenvalue weighted by Crippen LogP contribution is 2.28. The van der Waals surface area contributed by atoms with E-state index in [1.807, 2.05) is 53.5 Å². The number of aromatic amines is 1. The van der Waals surface area contributed by atoms with Gasteiger partial charge in [0, 0.05) is 62.0 Å². The number of aromatic nitrogens is 3. The maximum absolute atomic E-state index is 12.8. The molecule has 0 saturated carbocycles. The molecule has 0 bridgehead atoms. The van der Waals surface area contributed by atoms with E-state index >= 15 is 0 Å². The first-order chi connectivity index (χ1) is 14.0. The highest BCUT2D eigenvalue weighted by molar-refractivity contribution is 7.13. The third kappa shape index (κ3) is 4.22. The Morgan fingerprint density at radius 1 is 1.21 bits per heavy atom. The van der Waals surface area contributed by atoms with Gasteiger partial charge in [0.05, 0.1) is 0 Å². The van der Waals surface area contributed by atoms with E-state index in [-0.39, 0.29) is 17.4 Å². The van der Waals surface area contributed by atoms with Crippen molar-refractivity contribution in [3.05, 3.63) is 63.7 Å². The summed E-state index contributed by atoms with van der Waals surface area (Å²) in [5.41, 5.74) is 2.21. The van der Waals surface area contributed by atoms with Gasteiger partial charge in [-0.15, -0.1) is 11.3 Å². The van der Waals surface area contributed by atoms with E-state index in [9.17, 15) is 9.59 Å². The molecule has 7 nitrogen and oxygen atoms in total. The molecule has 1 fully saturated rings. The molecule has 0 aliphatic carbocycles. The van der Waals surface area contributed by atoms with Crippen LogP contribution in [0.25, 0.3) is 10.7 Å². The number of nitrogens with zero attached hydrogens (tertiary/aromatic N) is 4.